The van der Waals surface area contributed by atoms with Crippen molar-refractivity contribution in [3.05, 3.63) is 24.3 Å². The van der Waals surface area contributed by atoms with Gasteiger partial charge in [0.2, 0.25) is 5.91 Å². The molecule has 0 aliphatic carbocycles. The van der Waals surface area contributed by atoms with Crippen molar-refractivity contribution in [3.63, 3.8) is 0 Å². The van der Waals surface area contributed by atoms with Crippen LogP contribution in [0.4, 0.5) is 0 Å². The van der Waals surface area contributed by atoms with E-state index >= 15 is 0 Å². The predicted octanol–water partition coefficient (Wildman–Crippen LogP) is 0.503. The summed E-state index contributed by atoms with van der Waals surface area (Å²) in [5.74, 6) is 0.0406. The molecule has 0 spiro atoms. The molecular weight excluding hydrogens is 154 g/mol. The van der Waals surface area contributed by atoms with E-state index < -0.39 is 0 Å². The second kappa shape index (κ2) is 4.43. The third-order valence-electron chi connectivity index (χ3n) is 1.42. The van der Waals surface area contributed by atoms with Crippen LogP contribution in [0.3, 0.4) is 0 Å². The Morgan fingerprint density at radius 3 is 2.75 bits per heavy atom. The lowest BCUT2D eigenvalue weighted by Gasteiger charge is -2.01. The zero-order chi connectivity index (χ0) is 8.81. The Hall–Kier alpha value is -1.45. The topological polar surface area (TPSA) is 54.9 Å². The SMILES string of the molecule is CCC(=O)NCc1cncnc1. The molecule has 0 unspecified atom stereocenters. The molecule has 1 amide bonds. The van der Waals surface area contributed by atoms with Crippen molar-refractivity contribution in [3.8, 4) is 0 Å². The van der Waals surface area contributed by atoms with Crippen molar-refractivity contribution in [2.75, 3.05) is 0 Å². The van der Waals surface area contributed by atoms with Gasteiger partial charge in [-0.15, -0.1) is 0 Å². The van der Waals surface area contributed by atoms with Crippen LogP contribution >= 0.6 is 0 Å². The minimum absolute atomic E-state index is 0.0406. The van der Waals surface area contributed by atoms with Crippen LogP contribution in [-0.4, -0.2) is 15.9 Å². The zero-order valence-corrected chi connectivity index (χ0v) is 6.95. The van der Waals surface area contributed by atoms with Gasteiger partial charge in [-0.2, -0.15) is 0 Å². The molecule has 64 valence electrons. The molecule has 0 saturated carbocycles. The number of amides is 1. The molecule has 4 nitrogen and oxygen atoms in total. The highest BCUT2D eigenvalue weighted by Gasteiger charge is 1.96. The van der Waals surface area contributed by atoms with Crippen molar-refractivity contribution < 1.29 is 4.79 Å². The molecule has 0 aliphatic heterocycles. The fraction of sp³-hybridized carbons (Fsp3) is 0.375. The molecule has 0 radical (unpaired) electrons. The van der Waals surface area contributed by atoms with Gasteiger partial charge in [0.15, 0.2) is 0 Å². The van der Waals surface area contributed by atoms with Gasteiger partial charge in [-0.25, -0.2) is 9.97 Å². The molecule has 1 N–H and O–H groups in total. The average molecular weight is 165 g/mol. The first-order valence-electron chi connectivity index (χ1n) is 3.83. The maximum atomic E-state index is 10.8. The lowest BCUT2D eigenvalue weighted by atomic mass is 10.3. The van der Waals surface area contributed by atoms with Crippen LogP contribution < -0.4 is 5.32 Å². The summed E-state index contributed by atoms with van der Waals surface area (Å²) in [7, 11) is 0. The predicted molar refractivity (Wildman–Crippen MR) is 44.2 cm³/mol. The molecule has 4 heteroatoms. The van der Waals surface area contributed by atoms with Crippen LogP contribution in [-0.2, 0) is 11.3 Å². The summed E-state index contributed by atoms with van der Waals surface area (Å²) < 4.78 is 0. The van der Waals surface area contributed by atoms with Gasteiger partial charge in [0, 0.05) is 30.9 Å². The maximum Gasteiger partial charge on any atom is 0.219 e. The third kappa shape index (κ3) is 2.65. The first-order valence-corrected chi connectivity index (χ1v) is 3.83. The molecule has 1 heterocycles. The number of nitrogens with one attached hydrogen (secondary N) is 1. The number of nitrogens with zero attached hydrogens (tertiary/aromatic N) is 2. The van der Waals surface area contributed by atoms with E-state index in [1.165, 1.54) is 6.33 Å². The Morgan fingerprint density at radius 2 is 2.17 bits per heavy atom. The van der Waals surface area contributed by atoms with E-state index in [1.807, 2.05) is 6.92 Å². The molecule has 1 rings (SSSR count). The van der Waals surface area contributed by atoms with Crippen molar-refractivity contribution in [1.29, 1.82) is 0 Å². The van der Waals surface area contributed by atoms with E-state index in [-0.39, 0.29) is 5.91 Å². The molecule has 0 atom stereocenters. The molecule has 0 aromatic carbocycles. The lowest BCUT2D eigenvalue weighted by Crippen LogP contribution is -2.21. The molecule has 0 bridgehead atoms. The van der Waals surface area contributed by atoms with E-state index in [0.29, 0.717) is 13.0 Å². The number of hydrogen-bond donors (Lipinski definition) is 1. The molecule has 12 heavy (non-hydrogen) atoms. The van der Waals surface area contributed by atoms with E-state index in [4.69, 9.17) is 0 Å². The molecular formula is C8H11N3O. The molecule has 0 saturated heterocycles. The summed E-state index contributed by atoms with van der Waals surface area (Å²) in [5, 5.41) is 2.73. The van der Waals surface area contributed by atoms with Crippen LogP contribution in [0.15, 0.2) is 18.7 Å². The van der Waals surface area contributed by atoms with E-state index in [0.717, 1.165) is 5.56 Å². The van der Waals surface area contributed by atoms with Gasteiger partial charge in [-0.3, -0.25) is 4.79 Å². The van der Waals surface area contributed by atoms with Crippen molar-refractivity contribution in [2.24, 2.45) is 0 Å². The summed E-state index contributed by atoms with van der Waals surface area (Å²) >= 11 is 0. The van der Waals surface area contributed by atoms with Gasteiger partial charge in [0.25, 0.3) is 0 Å². The molecule has 0 aliphatic rings. The number of hydrogen-bond acceptors (Lipinski definition) is 3. The summed E-state index contributed by atoms with van der Waals surface area (Å²) in [6.45, 7) is 2.32. The monoisotopic (exact) mass is 165 g/mol. The van der Waals surface area contributed by atoms with Crippen LogP contribution in [0.25, 0.3) is 0 Å². The van der Waals surface area contributed by atoms with Gasteiger partial charge < -0.3 is 5.32 Å². The summed E-state index contributed by atoms with van der Waals surface area (Å²) in [5.41, 5.74) is 0.916. The second-order valence-electron chi connectivity index (χ2n) is 2.38. The van der Waals surface area contributed by atoms with Gasteiger partial charge in [-0.1, -0.05) is 6.92 Å². The molecule has 0 fully saturated rings. The van der Waals surface area contributed by atoms with Crippen LogP contribution in [0.2, 0.25) is 0 Å². The van der Waals surface area contributed by atoms with Gasteiger partial charge >= 0.3 is 0 Å². The Balaban J connectivity index is 2.38. The largest absolute Gasteiger partial charge is 0.352 e. The maximum absolute atomic E-state index is 10.8. The molecule has 1 aromatic heterocycles. The van der Waals surface area contributed by atoms with Crippen LogP contribution in [0, 0.1) is 0 Å². The number of aromatic nitrogens is 2. The number of carbonyl (C=O) groups is 1. The fourth-order valence-corrected chi connectivity index (χ4v) is 0.747. The summed E-state index contributed by atoms with van der Waals surface area (Å²) in [4.78, 5) is 18.5. The van der Waals surface area contributed by atoms with Gasteiger partial charge in [0.1, 0.15) is 6.33 Å². The first kappa shape index (κ1) is 8.64. The number of carbonyl (C=O) groups excluding carboxylic acids is 1. The van der Waals surface area contributed by atoms with Crippen molar-refractivity contribution in [2.45, 2.75) is 19.9 Å². The summed E-state index contributed by atoms with van der Waals surface area (Å²) in [6, 6.07) is 0. The standard InChI is InChI=1S/C8H11N3O/c1-2-8(12)11-5-7-3-9-6-10-4-7/h3-4,6H,2,5H2,1H3,(H,11,12). The summed E-state index contributed by atoms with van der Waals surface area (Å²) in [6.07, 6.45) is 5.34. The van der Waals surface area contributed by atoms with E-state index in [2.05, 4.69) is 15.3 Å². The lowest BCUT2D eigenvalue weighted by molar-refractivity contribution is -0.120. The average Bonchev–Trinajstić information content (AvgIpc) is 2.16. The minimum atomic E-state index is 0.0406. The van der Waals surface area contributed by atoms with E-state index in [1.54, 1.807) is 12.4 Å². The van der Waals surface area contributed by atoms with Crippen molar-refractivity contribution in [1.82, 2.24) is 15.3 Å². The van der Waals surface area contributed by atoms with Gasteiger partial charge in [0.05, 0.1) is 0 Å². The van der Waals surface area contributed by atoms with Gasteiger partial charge in [-0.05, 0) is 0 Å². The normalized spacial score (nSPS) is 9.42. The van der Waals surface area contributed by atoms with Crippen molar-refractivity contribution >= 4 is 5.91 Å². The zero-order valence-electron chi connectivity index (χ0n) is 6.95. The first-order chi connectivity index (χ1) is 5.83. The highest BCUT2D eigenvalue weighted by atomic mass is 16.1. The Bertz CT molecular complexity index is 248. The molecule has 1 aromatic rings. The Kier molecular flexibility index (Phi) is 3.19. The van der Waals surface area contributed by atoms with Crippen LogP contribution in [0.1, 0.15) is 18.9 Å². The fourth-order valence-electron chi connectivity index (χ4n) is 0.747. The van der Waals surface area contributed by atoms with E-state index in [9.17, 15) is 4.79 Å². The highest BCUT2D eigenvalue weighted by molar-refractivity contribution is 5.75. The smallest absolute Gasteiger partial charge is 0.219 e. The van der Waals surface area contributed by atoms with Crippen LogP contribution in [0.5, 0.6) is 0 Å². The number of rotatable bonds is 3. The Labute approximate surface area is 71.0 Å². The third-order valence-corrected chi connectivity index (χ3v) is 1.42. The second-order valence-corrected chi connectivity index (χ2v) is 2.38. The highest BCUT2D eigenvalue weighted by Crippen LogP contribution is 1.91. The Morgan fingerprint density at radius 1 is 1.50 bits per heavy atom. The minimum Gasteiger partial charge on any atom is -0.352 e. The quantitative estimate of drug-likeness (QED) is 0.709.